The Hall–Kier alpha value is -2.98. The number of carbonyl (C=O) groups is 2. The van der Waals surface area contributed by atoms with Crippen LogP contribution in [0.1, 0.15) is 32.8 Å². The summed E-state index contributed by atoms with van der Waals surface area (Å²) in [6.07, 6.45) is 0.248. The Labute approximate surface area is 256 Å². The van der Waals surface area contributed by atoms with E-state index in [0.29, 0.717) is 15.6 Å². The number of hydrogen-bond donors (Lipinski definition) is 1. The molecule has 3 aromatic rings. The SMILES string of the molecule is CC[C@H](C(=O)NC(C)C)N(Cc1c(Cl)cccc1Cl)C(=O)CN(c1cc(Cl)ccc1OC)S(=O)(=O)c1ccccc1. The molecule has 8 nitrogen and oxygen atoms in total. The quantitative estimate of drug-likeness (QED) is 0.255. The third-order valence-electron chi connectivity index (χ3n) is 6.23. The largest absolute Gasteiger partial charge is 0.495 e. The molecule has 0 aliphatic carbocycles. The van der Waals surface area contributed by atoms with Crippen molar-refractivity contribution in [2.45, 2.75) is 50.7 Å². The molecule has 3 rings (SSSR count). The lowest BCUT2D eigenvalue weighted by Gasteiger charge is -2.34. The molecule has 1 N–H and O–H groups in total. The minimum Gasteiger partial charge on any atom is -0.495 e. The van der Waals surface area contributed by atoms with Crippen LogP contribution in [-0.2, 0) is 26.2 Å². The fourth-order valence-corrected chi connectivity index (χ4v) is 6.37. The standard InChI is InChI=1S/C29H32Cl3N3O5S/c1-5-25(29(37)33-19(2)3)34(17-22-23(31)12-9-13-24(22)32)28(36)18-35(26-16-20(30)14-15-27(26)40-4)41(38,39)21-10-7-6-8-11-21/h6-16,19,25H,5,17-18H2,1-4H3,(H,33,37)/t25-/m1/s1. The van der Waals surface area contributed by atoms with Gasteiger partial charge in [0, 0.05) is 33.2 Å². The summed E-state index contributed by atoms with van der Waals surface area (Å²) < 4.78 is 34.4. The molecule has 0 saturated heterocycles. The van der Waals surface area contributed by atoms with E-state index in [-0.39, 0.29) is 40.4 Å². The van der Waals surface area contributed by atoms with Crippen molar-refractivity contribution in [3.05, 3.63) is 87.4 Å². The van der Waals surface area contributed by atoms with Gasteiger partial charge in [0.25, 0.3) is 10.0 Å². The van der Waals surface area contributed by atoms with Crippen molar-refractivity contribution in [3.63, 3.8) is 0 Å². The molecule has 3 aromatic carbocycles. The summed E-state index contributed by atoms with van der Waals surface area (Å²) in [4.78, 5) is 28.7. The van der Waals surface area contributed by atoms with E-state index in [1.165, 1.54) is 36.3 Å². The molecular weight excluding hydrogens is 609 g/mol. The molecule has 0 aliphatic heterocycles. The minimum atomic E-state index is -4.30. The van der Waals surface area contributed by atoms with Crippen LogP contribution < -0.4 is 14.4 Å². The highest BCUT2D eigenvalue weighted by Crippen LogP contribution is 2.35. The van der Waals surface area contributed by atoms with Crippen LogP contribution in [0.25, 0.3) is 0 Å². The molecule has 220 valence electrons. The van der Waals surface area contributed by atoms with Gasteiger partial charge in [-0.2, -0.15) is 0 Å². The molecule has 0 saturated carbocycles. The molecular formula is C29H32Cl3N3O5S. The van der Waals surface area contributed by atoms with Crippen molar-refractivity contribution in [1.29, 1.82) is 0 Å². The van der Waals surface area contributed by atoms with Gasteiger partial charge in [0.15, 0.2) is 0 Å². The van der Waals surface area contributed by atoms with Crippen LogP contribution in [0.3, 0.4) is 0 Å². The second-order valence-electron chi connectivity index (χ2n) is 9.45. The molecule has 41 heavy (non-hydrogen) atoms. The fourth-order valence-electron chi connectivity index (χ4n) is 4.24. The number of nitrogens with one attached hydrogen (secondary N) is 1. The molecule has 0 unspecified atom stereocenters. The summed E-state index contributed by atoms with van der Waals surface area (Å²) in [6, 6.07) is 16.0. The molecule has 0 aromatic heterocycles. The number of ether oxygens (including phenoxy) is 1. The van der Waals surface area contributed by atoms with Gasteiger partial charge in [-0.3, -0.25) is 13.9 Å². The van der Waals surface area contributed by atoms with Gasteiger partial charge in [-0.15, -0.1) is 0 Å². The number of halogens is 3. The Kier molecular flexibility index (Phi) is 11.3. The van der Waals surface area contributed by atoms with Crippen LogP contribution in [0.5, 0.6) is 5.75 Å². The summed E-state index contributed by atoms with van der Waals surface area (Å²) in [5.41, 5.74) is 0.491. The van der Waals surface area contributed by atoms with Crippen LogP contribution in [0.2, 0.25) is 15.1 Å². The van der Waals surface area contributed by atoms with Gasteiger partial charge in [0.1, 0.15) is 18.3 Å². The molecule has 0 aliphatic rings. The molecule has 2 amide bonds. The van der Waals surface area contributed by atoms with Crippen molar-refractivity contribution in [1.82, 2.24) is 10.2 Å². The van der Waals surface area contributed by atoms with E-state index in [1.54, 1.807) is 63.2 Å². The fraction of sp³-hybridized carbons (Fsp3) is 0.310. The van der Waals surface area contributed by atoms with E-state index < -0.39 is 34.4 Å². The van der Waals surface area contributed by atoms with Gasteiger partial charge in [-0.1, -0.05) is 66.0 Å². The second-order valence-corrected chi connectivity index (χ2v) is 12.6. The Bertz CT molecular complexity index is 1470. The van der Waals surface area contributed by atoms with Crippen LogP contribution in [0, 0.1) is 0 Å². The number of hydrogen-bond acceptors (Lipinski definition) is 5. The summed E-state index contributed by atoms with van der Waals surface area (Å²) in [6.45, 7) is 4.58. The first-order chi connectivity index (χ1) is 19.4. The first-order valence-electron chi connectivity index (χ1n) is 12.8. The Balaban J connectivity index is 2.16. The van der Waals surface area contributed by atoms with Crippen LogP contribution in [-0.4, -0.2) is 50.9 Å². The number of amides is 2. The van der Waals surface area contributed by atoms with E-state index in [2.05, 4.69) is 5.32 Å². The zero-order valence-corrected chi connectivity index (χ0v) is 26.2. The highest BCUT2D eigenvalue weighted by molar-refractivity contribution is 7.92. The maximum Gasteiger partial charge on any atom is 0.264 e. The van der Waals surface area contributed by atoms with E-state index in [0.717, 1.165) is 4.31 Å². The molecule has 1 atom stereocenters. The summed E-state index contributed by atoms with van der Waals surface area (Å²) in [7, 11) is -2.91. The highest BCUT2D eigenvalue weighted by atomic mass is 35.5. The minimum absolute atomic E-state index is 0.0416. The van der Waals surface area contributed by atoms with E-state index in [1.807, 2.05) is 0 Å². The number of anilines is 1. The average Bonchev–Trinajstić information content (AvgIpc) is 2.93. The summed E-state index contributed by atoms with van der Waals surface area (Å²) in [5.74, 6) is -0.864. The first-order valence-corrected chi connectivity index (χ1v) is 15.4. The molecule has 0 bridgehead atoms. The maximum atomic E-state index is 14.2. The Morgan fingerprint density at radius 2 is 1.59 bits per heavy atom. The van der Waals surface area contributed by atoms with E-state index >= 15 is 0 Å². The number of nitrogens with zero attached hydrogens (tertiary/aromatic N) is 2. The summed E-state index contributed by atoms with van der Waals surface area (Å²) >= 11 is 19.1. The summed E-state index contributed by atoms with van der Waals surface area (Å²) in [5, 5.41) is 3.69. The third-order valence-corrected chi connectivity index (χ3v) is 8.94. The molecule has 0 fully saturated rings. The molecule has 0 radical (unpaired) electrons. The molecule has 0 heterocycles. The average molecular weight is 641 g/mol. The van der Waals surface area contributed by atoms with Gasteiger partial charge in [0.05, 0.1) is 17.7 Å². The number of methoxy groups -OCH3 is 1. The number of carbonyl (C=O) groups excluding carboxylic acids is 2. The van der Waals surface area contributed by atoms with Crippen molar-refractivity contribution in [3.8, 4) is 5.75 Å². The lowest BCUT2D eigenvalue weighted by molar-refractivity contribution is -0.140. The van der Waals surface area contributed by atoms with E-state index in [9.17, 15) is 18.0 Å². The highest BCUT2D eigenvalue weighted by Gasteiger charge is 2.35. The lowest BCUT2D eigenvalue weighted by atomic mass is 10.1. The van der Waals surface area contributed by atoms with Crippen LogP contribution in [0.4, 0.5) is 5.69 Å². The van der Waals surface area contributed by atoms with Crippen LogP contribution >= 0.6 is 34.8 Å². The normalized spacial score (nSPS) is 12.1. The van der Waals surface area contributed by atoms with Gasteiger partial charge in [-0.05, 0) is 62.7 Å². The third kappa shape index (κ3) is 7.86. The van der Waals surface area contributed by atoms with Gasteiger partial charge < -0.3 is 15.0 Å². The van der Waals surface area contributed by atoms with Gasteiger partial charge in [0.2, 0.25) is 11.8 Å². The Morgan fingerprint density at radius 1 is 0.951 bits per heavy atom. The lowest BCUT2D eigenvalue weighted by Crippen LogP contribution is -2.53. The zero-order chi connectivity index (χ0) is 30.3. The van der Waals surface area contributed by atoms with Crippen molar-refractivity contribution in [2.75, 3.05) is 18.0 Å². The monoisotopic (exact) mass is 639 g/mol. The smallest absolute Gasteiger partial charge is 0.264 e. The first kappa shape index (κ1) is 32.5. The van der Waals surface area contributed by atoms with Gasteiger partial charge >= 0.3 is 0 Å². The van der Waals surface area contributed by atoms with Gasteiger partial charge in [-0.25, -0.2) is 8.42 Å². The van der Waals surface area contributed by atoms with Crippen molar-refractivity contribution >= 4 is 62.3 Å². The predicted octanol–water partition coefficient (Wildman–Crippen LogP) is 6.18. The second kappa shape index (κ2) is 14.3. The molecule has 0 spiro atoms. The number of sulfonamides is 1. The zero-order valence-electron chi connectivity index (χ0n) is 23.1. The van der Waals surface area contributed by atoms with Crippen LogP contribution in [0.15, 0.2) is 71.6 Å². The predicted molar refractivity (Wildman–Crippen MR) is 163 cm³/mol. The van der Waals surface area contributed by atoms with Crippen molar-refractivity contribution in [2.24, 2.45) is 0 Å². The van der Waals surface area contributed by atoms with E-state index in [4.69, 9.17) is 39.5 Å². The number of rotatable bonds is 12. The number of benzene rings is 3. The topological polar surface area (TPSA) is 96.0 Å². The molecule has 12 heteroatoms. The maximum absolute atomic E-state index is 14.2. The van der Waals surface area contributed by atoms with Crippen molar-refractivity contribution < 1.29 is 22.7 Å². The Morgan fingerprint density at radius 3 is 2.15 bits per heavy atom.